The third kappa shape index (κ3) is 4.91. The maximum absolute atomic E-state index is 13.1. The molecule has 12 heteroatoms. The molecule has 1 aromatic carbocycles. The molecule has 0 amide bonds. The molecule has 0 atom stereocenters. The summed E-state index contributed by atoms with van der Waals surface area (Å²) in [5.74, 6) is 0.770. The molecule has 1 fully saturated rings. The van der Waals surface area contributed by atoms with Crippen molar-refractivity contribution < 1.29 is 4.74 Å². The zero-order valence-corrected chi connectivity index (χ0v) is 23.1. The van der Waals surface area contributed by atoms with Gasteiger partial charge in [0.2, 0.25) is 4.96 Å². The topological polar surface area (TPSA) is 98.4 Å². The highest BCUT2D eigenvalue weighted by molar-refractivity contribution is 8.01. The summed E-state index contributed by atoms with van der Waals surface area (Å²) >= 11 is 4.40. The maximum atomic E-state index is 13.1. The van der Waals surface area contributed by atoms with Gasteiger partial charge in [-0.2, -0.15) is 4.52 Å². The van der Waals surface area contributed by atoms with Gasteiger partial charge in [0, 0.05) is 29.4 Å². The third-order valence-corrected chi connectivity index (χ3v) is 8.88. The van der Waals surface area contributed by atoms with Crippen molar-refractivity contribution in [2.45, 2.75) is 42.1 Å². The molecule has 6 rings (SSSR count). The molecule has 1 saturated heterocycles. The van der Waals surface area contributed by atoms with Crippen LogP contribution in [-0.2, 0) is 16.7 Å². The Bertz CT molecular complexity index is 1630. The SMILES string of the molecule is CC(C)(C)c1nnc2sc(Sc3nc(CN4CCOCC4)nc4scc(-c5ccccc5)c34)nn2c1=O. The van der Waals surface area contributed by atoms with E-state index in [1.165, 1.54) is 27.6 Å². The van der Waals surface area contributed by atoms with E-state index >= 15 is 0 Å². The van der Waals surface area contributed by atoms with Gasteiger partial charge in [0.1, 0.15) is 21.4 Å². The fraction of sp³-hybridized carbons (Fsp3) is 0.360. The van der Waals surface area contributed by atoms with Crippen LogP contribution >= 0.6 is 34.4 Å². The summed E-state index contributed by atoms with van der Waals surface area (Å²) in [6.07, 6.45) is 0. The van der Waals surface area contributed by atoms with E-state index in [-0.39, 0.29) is 5.56 Å². The number of hydrogen-bond donors (Lipinski definition) is 0. The molecule has 37 heavy (non-hydrogen) atoms. The Morgan fingerprint density at radius 3 is 2.62 bits per heavy atom. The minimum atomic E-state index is -0.420. The van der Waals surface area contributed by atoms with Gasteiger partial charge < -0.3 is 4.74 Å². The molecule has 1 aliphatic heterocycles. The molecular formula is C25H25N7O2S3. The van der Waals surface area contributed by atoms with Gasteiger partial charge in [-0.1, -0.05) is 62.4 Å². The first kappa shape index (κ1) is 24.6. The molecule has 190 valence electrons. The van der Waals surface area contributed by atoms with Crippen LogP contribution in [0.15, 0.2) is 49.9 Å². The Balaban J connectivity index is 1.45. The molecule has 0 aliphatic carbocycles. The van der Waals surface area contributed by atoms with Crippen molar-refractivity contribution in [3.8, 4) is 11.1 Å². The van der Waals surface area contributed by atoms with Crippen molar-refractivity contribution in [2.24, 2.45) is 0 Å². The molecule has 0 unspecified atom stereocenters. The van der Waals surface area contributed by atoms with E-state index < -0.39 is 5.41 Å². The van der Waals surface area contributed by atoms with E-state index in [4.69, 9.17) is 14.7 Å². The molecular weight excluding hydrogens is 527 g/mol. The number of hydrogen-bond acceptors (Lipinski definition) is 11. The lowest BCUT2D eigenvalue weighted by Gasteiger charge is -2.25. The zero-order chi connectivity index (χ0) is 25.6. The molecule has 4 aromatic heterocycles. The minimum absolute atomic E-state index is 0.234. The highest BCUT2D eigenvalue weighted by atomic mass is 32.2. The van der Waals surface area contributed by atoms with Crippen molar-refractivity contribution >= 4 is 49.6 Å². The van der Waals surface area contributed by atoms with Crippen molar-refractivity contribution in [3.05, 3.63) is 57.6 Å². The molecule has 5 aromatic rings. The Labute approximate surface area is 225 Å². The molecule has 1 aliphatic rings. The first-order chi connectivity index (χ1) is 17.9. The lowest BCUT2D eigenvalue weighted by atomic mass is 9.93. The molecule has 0 bridgehead atoms. The predicted molar refractivity (Wildman–Crippen MR) is 147 cm³/mol. The summed E-state index contributed by atoms with van der Waals surface area (Å²) in [4.78, 5) is 26.7. The number of benzene rings is 1. The van der Waals surface area contributed by atoms with Crippen LogP contribution in [-0.4, -0.2) is 61.0 Å². The molecule has 0 saturated carbocycles. The highest BCUT2D eigenvalue weighted by Crippen LogP contribution is 2.41. The Morgan fingerprint density at radius 1 is 1.08 bits per heavy atom. The fourth-order valence-electron chi connectivity index (χ4n) is 4.18. The number of aromatic nitrogens is 6. The van der Waals surface area contributed by atoms with Crippen LogP contribution in [0.2, 0.25) is 0 Å². The number of ether oxygens (including phenoxy) is 1. The summed E-state index contributed by atoms with van der Waals surface area (Å²) in [7, 11) is 0. The summed E-state index contributed by atoms with van der Waals surface area (Å²) in [5.41, 5.74) is 1.95. The van der Waals surface area contributed by atoms with Gasteiger partial charge in [0.05, 0.1) is 25.1 Å². The first-order valence-corrected chi connectivity index (χ1v) is 14.5. The van der Waals surface area contributed by atoms with E-state index in [1.54, 1.807) is 11.3 Å². The van der Waals surface area contributed by atoms with E-state index in [2.05, 4.69) is 37.7 Å². The molecule has 0 spiro atoms. The van der Waals surface area contributed by atoms with E-state index in [0.29, 0.717) is 21.5 Å². The number of rotatable bonds is 5. The number of morpholine rings is 1. The number of thiophene rings is 1. The van der Waals surface area contributed by atoms with E-state index in [0.717, 1.165) is 58.5 Å². The molecule has 0 radical (unpaired) electrons. The van der Waals surface area contributed by atoms with Gasteiger partial charge in [0.15, 0.2) is 4.34 Å². The summed E-state index contributed by atoms with van der Waals surface area (Å²) < 4.78 is 7.54. The summed E-state index contributed by atoms with van der Waals surface area (Å²) in [6.45, 7) is 9.66. The number of nitrogens with zero attached hydrogens (tertiary/aromatic N) is 7. The smallest absolute Gasteiger partial charge is 0.297 e. The van der Waals surface area contributed by atoms with Gasteiger partial charge in [-0.3, -0.25) is 9.69 Å². The average Bonchev–Trinajstić information content (AvgIpc) is 3.49. The summed E-state index contributed by atoms with van der Waals surface area (Å²) in [6, 6.07) is 10.3. The standard InChI is InChI=1S/C25H25N7O2S3/c1-25(2,3)19-22(33)32-23(29-28-19)37-24(30-32)36-21-18-16(15-7-5-4-6-8-15)14-35-20(18)26-17(27-21)13-31-9-11-34-12-10-31/h4-8,14H,9-13H2,1-3H3. The highest BCUT2D eigenvalue weighted by Gasteiger charge is 2.24. The third-order valence-electron chi connectivity index (χ3n) is 6.07. The lowest BCUT2D eigenvalue weighted by Crippen LogP contribution is -2.36. The minimum Gasteiger partial charge on any atom is -0.379 e. The van der Waals surface area contributed by atoms with E-state index in [9.17, 15) is 4.79 Å². The Kier molecular flexibility index (Phi) is 6.53. The Hall–Kier alpha value is -2.77. The van der Waals surface area contributed by atoms with Crippen molar-refractivity contribution in [1.29, 1.82) is 0 Å². The fourth-order valence-corrected chi connectivity index (χ4v) is 7.15. The molecule has 0 N–H and O–H groups in total. The van der Waals surface area contributed by atoms with Gasteiger partial charge in [-0.25, -0.2) is 9.97 Å². The van der Waals surface area contributed by atoms with Crippen molar-refractivity contribution in [1.82, 2.24) is 34.7 Å². The van der Waals surface area contributed by atoms with Crippen LogP contribution in [0.25, 0.3) is 26.3 Å². The quantitative estimate of drug-likeness (QED) is 0.292. The van der Waals surface area contributed by atoms with Crippen LogP contribution < -0.4 is 5.56 Å². The van der Waals surface area contributed by atoms with Crippen molar-refractivity contribution in [2.75, 3.05) is 26.3 Å². The lowest BCUT2D eigenvalue weighted by molar-refractivity contribution is 0.0330. The van der Waals surface area contributed by atoms with Gasteiger partial charge in [0.25, 0.3) is 5.56 Å². The van der Waals surface area contributed by atoms with Gasteiger partial charge >= 0.3 is 0 Å². The van der Waals surface area contributed by atoms with Crippen LogP contribution in [0.3, 0.4) is 0 Å². The average molecular weight is 552 g/mol. The Morgan fingerprint density at radius 2 is 1.86 bits per heavy atom. The monoisotopic (exact) mass is 551 g/mol. The molecule has 9 nitrogen and oxygen atoms in total. The second-order valence-electron chi connectivity index (χ2n) is 9.80. The normalized spacial score (nSPS) is 15.1. The van der Waals surface area contributed by atoms with Crippen molar-refractivity contribution in [3.63, 3.8) is 0 Å². The van der Waals surface area contributed by atoms with Crippen LogP contribution in [0, 0.1) is 0 Å². The largest absolute Gasteiger partial charge is 0.379 e. The van der Waals surface area contributed by atoms with Crippen LogP contribution in [0.1, 0.15) is 32.3 Å². The van der Waals surface area contributed by atoms with Gasteiger partial charge in [-0.05, 0) is 17.3 Å². The van der Waals surface area contributed by atoms with Crippen LogP contribution in [0.5, 0.6) is 0 Å². The zero-order valence-electron chi connectivity index (χ0n) is 20.7. The van der Waals surface area contributed by atoms with Gasteiger partial charge in [-0.15, -0.1) is 26.6 Å². The van der Waals surface area contributed by atoms with Crippen LogP contribution in [0.4, 0.5) is 0 Å². The molecule has 5 heterocycles. The predicted octanol–water partition coefficient (Wildman–Crippen LogP) is 4.50. The number of fused-ring (bicyclic) bond motifs is 2. The first-order valence-electron chi connectivity index (χ1n) is 12.0. The second kappa shape index (κ2) is 9.84. The summed E-state index contributed by atoms with van der Waals surface area (Å²) in [5, 5.41) is 17.1. The van der Waals surface area contributed by atoms with E-state index in [1.807, 2.05) is 39.0 Å². The second-order valence-corrected chi connectivity index (χ2v) is 12.8. The maximum Gasteiger partial charge on any atom is 0.297 e.